The van der Waals surface area contributed by atoms with E-state index >= 15 is 0 Å². The van der Waals surface area contributed by atoms with Gasteiger partial charge in [0.1, 0.15) is 0 Å². The average molecular weight is 338 g/mol. The van der Waals surface area contributed by atoms with Crippen LogP contribution in [0.15, 0.2) is 11.6 Å². The third-order valence-electron chi connectivity index (χ3n) is 5.12. The van der Waals surface area contributed by atoms with Crippen molar-refractivity contribution in [1.29, 1.82) is 0 Å². The van der Waals surface area contributed by atoms with Crippen molar-refractivity contribution in [2.75, 3.05) is 6.54 Å². The molecule has 0 aromatic rings. The van der Waals surface area contributed by atoms with Crippen LogP contribution in [0.4, 0.5) is 0 Å². The lowest BCUT2D eigenvalue weighted by molar-refractivity contribution is 0.389. The summed E-state index contributed by atoms with van der Waals surface area (Å²) in [5, 5.41) is 3.46. The van der Waals surface area contributed by atoms with E-state index in [4.69, 9.17) is 0 Å². The maximum atomic E-state index is 3.46. The highest BCUT2D eigenvalue weighted by Crippen LogP contribution is 2.21. The molecular formula is C23H47N. The minimum Gasteiger partial charge on any atom is -0.311 e. The number of allylic oxidation sites excluding steroid dienone is 1. The normalized spacial score (nSPS) is 15.3. The molecule has 1 N–H and O–H groups in total. The van der Waals surface area contributed by atoms with E-state index in [0.29, 0.717) is 6.04 Å². The molecule has 0 aliphatic rings. The van der Waals surface area contributed by atoms with Crippen LogP contribution in [0.5, 0.6) is 0 Å². The Hall–Kier alpha value is -0.300. The molecular weight excluding hydrogens is 290 g/mol. The third-order valence-corrected chi connectivity index (χ3v) is 5.12. The summed E-state index contributed by atoms with van der Waals surface area (Å²) in [6.45, 7) is 17.3. The van der Waals surface area contributed by atoms with Crippen LogP contribution >= 0.6 is 0 Å². The quantitative estimate of drug-likeness (QED) is 0.308. The van der Waals surface area contributed by atoms with Gasteiger partial charge in [-0.15, -0.1) is 0 Å². The molecule has 0 amide bonds. The highest BCUT2D eigenvalue weighted by molar-refractivity contribution is 4.99. The second-order valence-electron chi connectivity index (χ2n) is 8.97. The largest absolute Gasteiger partial charge is 0.311 e. The van der Waals surface area contributed by atoms with Crippen molar-refractivity contribution in [3.8, 4) is 0 Å². The minimum atomic E-state index is 0.585. The smallest absolute Gasteiger partial charge is 0.0139 e. The van der Waals surface area contributed by atoms with E-state index in [2.05, 4.69) is 59.9 Å². The Kier molecular flexibility index (Phi) is 14.8. The fourth-order valence-electron chi connectivity index (χ4n) is 3.28. The first-order chi connectivity index (χ1) is 11.3. The van der Waals surface area contributed by atoms with Crippen LogP contribution in [-0.2, 0) is 0 Å². The van der Waals surface area contributed by atoms with Gasteiger partial charge in [-0.25, -0.2) is 0 Å². The van der Waals surface area contributed by atoms with Crippen molar-refractivity contribution in [1.82, 2.24) is 5.32 Å². The van der Waals surface area contributed by atoms with Crippen LogP contribution in [0, 0.1) is 17.8 Å². The van der Waals surface area contributed by atoms with Crippen LogP contribution in [-0.4, -0.2) is 12.6 Å². The zero-order valence-electron chi connectivity index (χ0n) is 18.0. The molecule has 0 radical (unpaired) electrons. The van der Waals surface area contributed by atoms with Gasteiger partial charge in [0, 0.05) is 12.6 Å². The maximum Gasteiger partial charge on any atom is 0.0139 e. The summed E-state index contributed by atoms with van der Waals surface area (Å²) in [7, 11) is 0. The summed E-state index contributed by atoms with van der Waals surface area (Å²) in [6, 6.07) is 0.585. The summed E-state index contributed by atoms with van der Waals surface area (Å²) >= 11 is 0. The van der Waals surface area contributed by atoms with Gasteiger partial charge in [0.15, 0.2) is 0 Å². The van der Waals surface area contributed by atoms with Gasteiger partial charge in [-0.3, -0.25) is 0 Å². The molecule has 0 saturated heterocycles. The molecule has 0 fully saturated rings. The molecule has 0 rings (SSSR count). The van der Waals surface area contributed by atoms with E-state index in [-0.39, 0.29) is 0 Å². The van der Waals surface area contributed by atoms with Crippen LogP contribution in [0.2, 0.25) is 0 Å². The van der Waals surface area contributed by atoms with Gasteiger partial charge in [0.25, 0.3) is 0 Å². The fraction of sp³-hybridized carbons (Fsp3) is 0.913. The Bertz CT molecular complexity index is 303. The lowest BCUT2D eigenvalue weighted by atomic mass is 9.91. The highest BCUT2D eigenvalue weighted by atomic mass is 14.9. The SMILES string of the molecule is C/C(=C\CNC(C)C)CCC[C@H](C)CCC[C@H](C)CCCC(C)C. The molecule has 0 heterocycles. The van der Waals surface area contributed by atoms with E-state index in [9.17, 15) is 0 Å². The first-order valence-corrected chi connectivity index (χ1v) is 10.7. The molecule has 0 spiro atoms. The topological polar surface area (TPSA) is 12.0 Å². The minimum absolute atomic E-state index is 0.585. The molecule has 2 atom stereocenters. The second kappa shape index (κ2) is 15.0. The van der Waals surface area contributed by atoms with E-state index in [1.165, 1.54) is 57.8 Å². The molecule has 1 nitrogen and oxygen atoms in total. The molecule has 0 bridgehead atoms. The zero-order chi connectivity index (χ0) is 18.4. The van der Waals surface area contributed by atoms with Crippen molar-refractivity contribution < 1.29 is 0 Å². The Balaban J connectivity index is 3.60. The van der Waals surface area contributed by atoms with Crippen LogP contribution in [0.3, 0.4) is 0 Å². The van der Waals surface area contributed by atoms with Gasteiger partial charge in [-0.1, -0.05) is 98.1 Å². The molecule has 0 unspecified atom stereocenters. The Morgan fingerprint density at radius 1 is 0.750 bits per heavy atom. The molecule has 0 saturated carbocycles. The van der Waals surface area contributed by atoms with Crippen molar-refractivity contribution in [2.45, 2.75) is 112 Å². The first-order valence-electron chi connectivity index (χ1n) is 10.7. The highest BCUT2D eigenvalue weighted by Gasteiger charge is 2.06. The second-order valence-corrected chi connectivity index (χ2v) is 8.97. The number of hydrogen-bond acceptors (Lipinski definition) is 1. The van der Waals surface area contributed by atoms with Crippen molar-refractivity contribution in [3.05, 3.63) is 11.6 Å². The standard InChI is InChI=1S/C23H47N/c1-19(2)11-8-12-21(5)13-9-14-22(6)15-10-16-23(7)17-18-24-20(3)4/h17,19-22,24H,8-16,18H2,1-7H3/b23-17+/t21-,22-/m1/s1. The Morgan fingerprint density at radius 2 is 1.25 bits per heavy atom. The van der Waals surface area contributed by atoms with E-state index in [1.54, 1.807) is 5.57 Å². The molecule has 0 aliphatic carbocycles. The summed E-state index contributed by atoms with van der Waals surface area (Å²) in [6.07, 6.45) is 14.9. The van der Waals surface area contributed by atoms with Crippen LogP contribution in [0.1, 0.15) is 106 Å². The average Bonchev–Trinajstić information content (AvgIpc) is 2.46. The summed E-state index contributed by atoms with van der Waals surface area (Å²) in [5.41, 5.74) is 1.55. The lowest BCUT2D eigenvalue weighted by Gasteiger charge is -2.15. The van der Waals surface area contributed by atoms with E-state index < -0.39 is 0 Å². The van der Waals surface area contributed by atoms with Gasteiger partial charge in [0.05, 0.1) is 0 Å². The van der Waals surface area contributed by atoms with Gasteiger partial charge >= 0.3 is 0 Å². The predicted octanol–water partition coefficient (Wildman–Crippen LogP) is 7.37. The van der Waals surface area contributed by atoms with Crippen molar-refractivity contribution >= 4 is 0 Å². The Morgan fingerprint density at radius 3 is 1.75 bits per heavy atom. The third kappa shape index (κ3) is 16.6. The predicted molar refractivity (Wildman–Crippen MR) is 112 cm³/mol. The molecule has 144 valence electrons. The van der Waals surface area contributed by atoms with Gasteiger partial charge < -0.3 is 5.32 Å². The molecule has 0 aromatic heterocycles. The zero-order valence-corrected chi connectivity index (χ0v) is 18.0. The number of nitrogens with one attached hydrogen (secondary N) is 1. The fourth-order valence-corrected chi connectivity index (χ4v) is 3.28. The monoisotopic (exact) mass is 337 g/mol. The lowest BCUT2D eigenvalue weighted by Crippen LogP contribution is -2.22. The Labute approximate surface area is 154 Å². The number of rotatable bonds is 15. The van der Waals surface area contributed by atoms with Gasteiger partial charge in [0.2, 0.25) is 0 Å². The summed E-state index contributed by atoms with van der Waals surface area (Å²) in [5.74, 6) is 2.69. The summed E-state index contributed by atoms with van der Waals surface area (Å²) < 4.78 is 0. The molecule has 24 heavy (non-hydrogen) atoms. The van der Waals surface area contributed by atoms with Crippen LogP contribution < -0.4 is 5.32 Å². The number of hydrogen-bond donors (Lipinski definition) is 1. The van der Waals surface area contributed by atoms with Crippen molar-refractivity contribution in [3.63, 3.8) is 0 Å². The van der Waals surface area contributed by atoms with Gasteiger partial charge in [-0.2, -0.15) is 0 Å². The molecule has 0 aliphatic heterocycles. The van der Waals surface area contributed by atoms with Gasteiger partial charge in [-0.05, 0) is 37.5 Å². The maximum absolute atomic E-state index is 3.46. The van der Waals surface area contributed by atoms with E-state index in [0.717, 1.165) is 24.3 Å². The summed E-state index contributed by atoms with van der Waals surface area (Å²) in [4.78, 5) is 0. The first kappa shape index (κ1) is 23.7. The van der Waals surface area contributed by atoms with Crippen LogP contribution in [0.25, 0.3) is 0 Å². The molecule has 1 heteroatoms. The van der Waals surface area contributed by atoms with E-state index in [1.807, 2.05) is 0 Å². The van der Waals surface area contributed by atoms with Crippen molar-refractivity contribution in [2.24, 2.45) is 17.8 Å². The molecule has 0 aromatic carbocycles.